The smallest absolute Gasteiger partial charge is 0.312 e. The van der Waals surface area contributed by atoms with Crippen LogP contribution in [0.2, 0.25) is 5.02 Å². The normalized spacial score (nSPS) is 21.2. The number of hydrogen-bond acceptors (Lipinski definition) is 2. The summed E-state index contributed by atoms with van der Waals surface area (Å²) >= 11 is 7.45. The van der Waals surface area contributed by atoms with Crippen molar-refractivity contribution in [2.45, 2.75) is 56.5 Å². The molecule has 0 N–H and O–H groups in total. The highest BCUT2D eigenvalue weighted by Crippen LogP contribution is 2.46. The van der Waals surface area contributed by atoms with E-state index < -0.39 is 23.4 Å². The molecule has 38 heavy (non-hydrogen) atoms. The van der Waals surface area contributed by atoms with Gasteiger partial charge < -0.3 is 4.31 Å². The quantitative estimate of drug-likeness (QED) is 0.159. The minimum atomic E-state index is -4.43. The van der Waals surface area contributed by atoms with E-state index >= 15 is 0 Å². The largest absolute Gasteiger partial charge is 0.416 e. The number of benzene rings is 3. The third-order valence-electron chi connectivity index (χ3n) is 7.66. The van der Waals surface area contributed by atoms with Crippen LogP contribution in [-0.2, 0) is 12.6 Å². The maximum absolute atomic E-state index is 14.2. The molecular weight excluding hydrogens is 537 g/mol. The molecule has 202 valence electrons. The number of fused-ring (bicyclic) bond motifs is 1. The molecule has 0 saturated heterocycles. The SMILES string of the molecule is CCCC1CC(CC2Cc3ccc(-c4cc(F)cc(F)c4Cl)cc3N(Sc3cccc(C(F)(F)F)c3)C2)C1. The van der Waals surface area contributed by atoms with Gasteiger partial charge in [0.2, 0.25) is 0 Å². The Morgan fingerprint density at radius 3 is 2.50 bits per heavy atom. The summed E-state index contributed by atoms with van der Waals surface area (Å²) in [5.41, 5.74) is 2.01. The van der Waals surface area contributed by atoms with Crippen LogP contribution < -0.4 is 4.31 Å². The van der Waals surface area contributed by atoms with Gasteiger partial charge in [-0.25, -0.2) is 8.78 Å². The third kappa shape index (κ3) is 5.99. The van der Waals surface area contributed by atoms with Gasteiger partial charge in [0.05, 0.1) is 16.3 Å². The summed E-state index contributed by atoms with van der Waals surface area (Å²) in [5, 5.41) is -0.163. The van der Waals surface area contributed by atoms with E-state index in [4.69, 9.17) is 11.6 Å². The molecule has 1 atom stereocenters. The topological polar surface area (TPSA) is 3.24 Å². The van der Waals surface area contributed by atoms with Gasteiger partial charge in [0.25, 0.3) is 0 Å². The lowest BCUT2D eigenvalue weighted by Crippen LogP contribution is -2.34. The standard InChI is InChI=1S/C30H29ClF5NS/c1-2-4-18-9-19(10-18)11-20-12-22-8-7-21(26-15-24(32)16-27(33)29(26)31)13-28(22)37(17-20)38-25-6-3-5-23(14-25)30(34,35)36/h3,5-8,13-16,18-20H,2,4,9-12,17H2,1H3. The molecule has 1 unspecified atom stereocenters. The molecule has 8 heteroatoms. The van der Waals surface area contributed by atoms with Crippen LogP contribution in [-0.4, -0.2) is 6.54 Å². The Morgan fingerprint density at radius 1 is 0.974 bits per heavy atom. The lowest BCUT2D eigenvalue weighted by atomic mass is 9.68. The van der Waals surface area contributed by atoms with Crippen molar-refractivity contribution in [3.05, 3.63) is 82.4 Å². The summed E-state index contributed by atoms with van der Waals surface area (Å²) < 4.78 is 70.3. The molecule has 0 aromatic heterocycles. The summed E-state index contributed by atoms with van der Waals surface area (Å²) in [6.07, 6.45) is 2.49. The zero-order valence-corrected chi connectivity index (χ0v) is 22.6. The molecule has 0 spiro atoms. The van der Waals surface area contributed by atoms with Gasteiger partial charge in [-0.3, -0.25) is 0 Å². The van der Waals surface area contributed by atoms with E-state index in [-0.39, 0.29) is 10.6 Å². The molecule has 1 aliphatic heterocycles. The summed E-state index contributed by atoms with van der Waals surface area (Å²) in [6, 6.07) is 12.9. The summed E-state index contributed by atoms with van der Waals surface area (Å²) in [7, 11) is 0. The van der Waals surface area contributed by atoms with E-state index in [9.17, 15) is 22.0 Å². The second kappa shape index (κ2) is 11.1. The van der Waals surface area contributed by atoms with Gasteiger partial charge in [0, 0.05) is 23.1 Å². The number of hydrogen-bond donors (Lipinski definition) is 0. The highest BCUT2D eigenvalue weighted by Gasteiger charge is 2.34. The highest BCUT2D eigenvalue weighted by molar-refractivity contribution is 8.00. The van der Waals surface area contributed by atoms with E-state index in [1.54, 1.807) is 6.07 Å². The molecule has 1 aliphatic carbocycles. The summed E-state index contributed by atoms with van der Waals surface area (Å²) in [5.74, 6) is 0.310. The molecule has 1 saturated carbocycles. The van der Waals surface area contributed by atoms with Gasteiger partial charge in [-0.15, -0.1) is 0 Å². The average molecular weight is 566 g/mol. The fourth-order valence-electron chi connectivity index (χ4n) is 5.89. The monoisotopic (exact) mass is 565 g/mol. The molecule has 5 rings (SSSR count). The number of halogens is 6. The Kier molecular flexibility index (Phi) is 7.97. The van der Waals surface area contributed by atoms with E-state index in [1.165, 1.54) is 49.8 Å². The van der Waals surface area contributed by atoms with Crippen LogP contribution in [0.15, 0.2) is 59.5 Å². The molecule has 1 nitrogen and oxygen atoms in total. The van der Waals surface area contributed by atoms with Crippen LogP contribution in [0.3, 0.4) is 0 Å². The maximum Gasteiger partial charge on any atom is 0.416 e. The van der Waals surface area contributed by atoms with Crippen LogP contribution in [0, 0.1) is 29.4 Å². The Morgan fingerprint density at radius 2 is 1.76 bits per heavy atom. The van der Waals surface area contributed by atoms with E-state index in [0.717, 1.165) is 48.2 Å². The number of anilines is 1. The van der Waals surface area contributed by atoms with Crippen LogP contribution >= 0.6 is 23.5 Å². The van der Waals surface area contributed by atoms with Gasteiger partial charge in [-0.2, -0.15) is 13.2 Å². The van der Waals surface area contributed by atoms with Gasteiger partial charge in [0.1, 0.15) is 11.6 Å². The molecule has 0 bridgehead atoms. The maximum atomic E-state index is 14.2. The zero-order chi connectivity index (χ0) is 27.0. The van der Waals surface area contributed by atoms with Crippen molar-refractivity contribution >= 4 is 29.2 Å². The van der Waals surface area contributed by atoms with Gasteiger partial charge in [-0.05, 0) is 96.8 Å². The minimum Gasteiger partial charge on any atom is -0.312 e. The van der Waals surface area contributed by atoms with Crippen LogP contribution in [0.4, 0.5) is 27.6 Å². The highest BCUT2D eigenvalue weighted by atomic mass is 35.5. The zero-order valence-electron chi connectivity index (χ0n) is 21.0. The Bertz CT molecular complexity index is 1300. The van der Waals surface area contributed by atoms with Gasteiger partial charge in [0.15, 0.2) is 0 Å². The van der Waals surface area contributed by atoms with E-state index in [0.29, 0.717) is 28.8 Å². The van der Waals surface area contributed by atoms with Crippen LogP contribution in [0.25, 0.3) is 11.1 Å². The number of alkyl halides is 3. The Hall–Kier alpha value is -2.25. The minimum absolute atomic E-state index is 0.163. The lowest BCUT2D eigenvalue weighted by Gasteiger charge is -2.41. The van der Waals surface area contributed by atoms with Gasteiger partial charge >= 0.3 is 6.18 Å². The van der Waals surface area contributed by atoms with E-state index in [2.05, 4.69) is 6.92 Å². The molecule has 1 heterocycles. The van der Waals surface area contributed by atoms with Crippen molar-refractivity contribution in [3.8, 4) is 11.1 Å². The second-order valence-electron chi connectivity index (χ2n) is 10.6. The molecule has 0 amide bonds. The predicted octanol–water partition coefficient (Wildman–Crippen LogP) is 10.2. The summed E-state index contributed by atoms with van der Waals surface area (Å²) in [4.78, 5) is 0.485. The number of rotatable bonds is 7. The van der Waals surface area contributed by atoms with Crippen LogP contribution in [0.1, 0.15) is 50.2 Å². The van der Waals surface area contributed by atoms with Crippen molar-refractivity contribution < 1.29 is 22.0 Å². The molecule has 3 aromatic rings. The van der Waals surface area contributed by atoms with Crippen molar-refractivity contribution in [1.29, 1.82) is 0 Å². The fourth-order valence-corrected chi connectivity index (χ4v) is 7.24. The second-order valence-corrected chi connectivity index (χ2v) is 12.0. The van der Waals surface area contributed by atoms with Gasteiger partial charge in [-0.1, -0.05) is 49.6 Å². The first-order valence-electron chi connectivity index (χ1n) is 13.0. The fraction of sp³-hybridized carbons (Fsp3) is 0.400. The lowest BCUT2D eigenvalue weighted by molar-refractivity contribution is -0.137. The molecule has 1 fully saturated rings. The summed E-state index contributed by atoms with van der Waals surface area (Å²) in [6.45, 7) is 2.89. The first kappa shape index (κ1) is 27.3. The van der Waals surface area contributed by atoms with Crippen molar-refractivity contribution in [1.82, 2.24) is 0 Å². The molecular formula is C30H29ClF5NS. The van der Waals surface area contributed by atoms with Crippen molar-refractivity contribution in [2.24, 2.45) is 17.8 Å². The average Bonchev–Trinajstić information content (AvgIpc) is 2.84. The predicted molar refractivity (Wildman–Crippen MR) is 144 cm³/mol. The third-order valence-corrected chi connectivity index (χ3v) is 9.08. The molecule has 3 aromatic carbocycles. The first-order chi connectivity index (χ1) is 18.1. The van der Waals surface area contributed by atoms with Crippen molar-refractivity contribution in [2.75, 3.05) is 10.8 Å². The van der Waals surface area contributed by atoms with E-state index in [1.807, 2.05) is 22.5 Å². The van der Waals surface area contributed by atoms with Crippen LogP contribution in [0.5, 0.6) is 0 Å². The molecule has 2 aliphatic rings. The Labute approximate surface area is 229 Å². The van der Waals surface area contributed by atoms with Crippen molar-refractivity contribution in [3.63, 3.8) is 0 Å². The number of nitrogens with zero attached hydrogens (tertiary/aromatic N) is 1. The molecule has 0 radical (unpaired) electrons. The first-order valence-corrected chi connectivity index (χ1v) is 14.2. The Balaban J connectivity index is 1.45.